The number of nitrogens with zero attached hydrogens (tertiary/aromatic N) is 1. The van der Waals surface area contributed by atoms with Crippen molar-refractivity contribution in [3.63, 3.8) is 0 Å². The lowest BCUT2D eigenvalue weighted by molar-refractivity contribution is 0.304. The topological polar surface area (TPSA) is 48.1 Å². The fourth-order valence-electron chi connectivity index (χ4n) is 1.63. The molecule has 0 radical (unpaired) electrons. The van der Waals surface area contributed by atoms with Gasteiger partial charge in [0.2, 0.25) is 0 Å². The highest BCUT2D eigenvalue weighted by atomic mass is 16.5. The fourth-order valence-corrected chi connectivity index (χ4v) is 1.63. The molecule has 0 saturated carbocycles. The SMILES string of the molecule is Cc1cncc(COc2cc(N)ccc2C)c1. The summed E-state index contributed by atoms with van der Waals surface area (Å²) < 4.78 is 5.74. The summed E-state index contributed by atoms with van der Waals surface area (Å²) in [5.41, 5.74) is 9.72. The molecular weight excluding hydrogens is 212 g/mol. The molecule has 0 unspecified atom stereocenters. The van der Waals surface area contributed by atoms with Crippen molar-refractivity contribution in [3.05, 3.63) is 53.3 Å². The number of hydrogen-bond acceptors (Lipinski definition) is 3. The minimum atomic E-state index is 0.513. The average molecular weight is 228 g/mol. The number of pyridine rings is 1. The van der Waals surface area contributed by atoms with Gasteiger partial charge >= 0.3 is 0 Å². The monoisotopic (exact) mass is 228 g/mol. The summed E-state index contributed by atoms with van der Waals surface area (Å²) in [5.74, 6) is 0.825. The van der Waals surface area contributed by atoms with Gasteiger partial charge in [0.1, 0.15) is 12.4 Å². The van der Waals surface area contributed by atoms with Gasteiger partial charge < -0.3 is 10.5 Å². The van der Waals surface area contributed by atoms with E-state index in [1.807, 2.05) is 44.4 Å². The molecule has 3 heteroatoms. The van der Waals surface area contributed by atoms with E-state index in [9.17, 15) is 0 Å². The molecule has 1 aromatic heterocycles. The third-order valence-corrected chi connectivity index (χ3v) is 2.54. The van der Waals surface area contributed by atoms with Gasteiger partial charge in [-0.1, -0.05) is 6.07 Å². The zero-order valence-electron chi connectivity index (χ0n) is 10.1. The van der Waals surface area contributed by atoms with Gasteiger partial charge in [0.15, 0.2) is 0 Å². The molecule has 2 rings (SSSR count). The lowest BCUT2D eigenvalue weighted by atomic mass is 10.2. The molecule has 88 valence electrons. The molecule has 2 aromatic rings. The second kappa shape index (κ2) is 4.87. The van der Waals surface area contributed by atoms with Gasteiger partial charge in [0.05, 0.1) is 0 Å². The molecule has 0 aliphatic carbocycles. The molecule has 0 bridgehead atoms. The van der Waals surface area contributed by atoms with Crippen LogP contribution in [0, 0.1) is 13.8 Å². The summed E-state index contributed by atoms with van der Waals surface area (Å²) in [6.07, 6.45) is 3.64. The maximum Gasteiger partial charge on any atom is 0.124 e. The lowest BCUT2D eigenvalue weighted by Gasteiger charge is -2.10. The fraction of sp³-hybridized carbons (Fsp3) is 0.214. The Hall–Kier alpha value is -2.03. The molecule has 0 atom stereocenters. The van der Waals surface area contributed by atoms with E-state index in [1.54, 1.807) is 0 Å². The van der Waals surface area contributed by atoms with Crippen LogP contribution in [-0.4, -0.2) is 4.98 Å². The van der Waals surface area contributed by atoms with E-state index in [4.69, 9.17) is 10.5 Å². The van der Waals surface area contributed by atoms with Gasteiger partial charge in [-0.3, -0.25) is 4.98 Å². The molecule has 1 aromatic carbocycles. The number of benzene rings is 1. The van der Waals surface area contributed by atoms with Crippen molar-refractivity contribution >= 4 is 5.69 Å². The normalized spacial score (nSPS) is 10.2. The third-order valence-electron chi connectivity index (χ3n) is 2.54. The number of anilines is 1. The summed E-state index contributed by atoms with van der Waals surface area (Å²) in [6.45, 7) is 4.53. The summed E-state index contributed by atoms with van der Waals surface area (Å²) in [4.78, 5) is 4.13. The zero-order valence-corrected chi connectivity index (χ0v) is 10.1. The van der Waals surface area contributed by atoms with E-state index in [0.29, 0.717) is 12.3 Å². The van der Waals surface area contributed by atoms with Crippen LogP contribution in [0.5, 0.6) is 5.75 Å². The van der Waals surface area contributed by atoms with E-state index < -0.39 is 0 Å². The molecular formula is C14H16N2O. The Morgan fingerprint density at radius 1 is 1.18 bits per heavy atom. The second-order valence-corrected chi connectivity index (χ2v) is 4.18. The van der Waals surface area contributed by atoms with Gasteiger partial charge in [0, 0.05) is 29.7 Å². The first-order valence-electron chi connectivity index (χ1n) is 5.54. The minimum absolute atomic E-state index is 0.513. The van der Waals surface area contributed by atoms with E-state index in [0.717, 1.165) is 22.4 Å². The number of aryl methyl sites for hydroxylation is 2. The van der Waals surface area contributed by atoms with Crippen LogP contribution in [0.4, 0.5) is 5.69 Å². The number of nitrogen functional groups attached to an aromatic ring is 1. The Morgan fingerprint density at radius 2 is 2.00 bits per heavy atom. The predicted molar refractivity (Wildman–Crippen MR) is 68.9 cm³/mol. The number of rotatable bonds is 3. The maximum atomic E-state index is 5.74. The van der Waals surface area contributed by atoms with Crippen LogP contribution in [0.1, 0.15) is 16.7 Å². The molecule has 0 spiro atoms. The van der Waals surface area contributed by atoms with E-state index in [1.165, 1.54) is 0 Å². The smallest absolute Gasteiger partial charge is 0.124 e. The van der Waals surface area contributed by atoms with Gasteiger partial charge in [-0.25, -0.2) is 0 Å². The van der Waals surface area contributed by atoms with Crippen LogP contribution in [0.25, 0.3) is 0 Å². The Labute approximate surface area is 101 Å². The highest BCUT2D eigenvalue weighted by Crippen LogP contribution is 2.21. The summed E-state index contributed by atoms with van der Waals surface area (Å²) >= 11 is 0. The maximum absolute atomic E-state index is 5.74. The van der Waals surface area contributed by atoms with Crippen molar-refractivity contribution in [1.82, 2.24) is 4.98 Å². The van der Waals surface area contributed by atoms with Crippen molar-refractivity contribution in [2.24, 2.45) is 0 Å². The van der Waals surface area contributed by atoms with Gasteiger partial charge in [-0.15, -0.1) is 0 Å². The molecule has 17 heavy (non-hydrogen) atoms. The highest BCUT2D eigenvalue weighted by molar-refractivity contribution is 5.48. The van der Waals surface area contributed by atoms with Crippen molar-refractivity contribution in [3.8, 4) is 5.75 Å². The molecule has 1 heterocycles. The zero-order chi connectivity index (χ0) is 12.3. The lowest BCUT2D eigenvalue weighted by Crippen LogP contribution is -1.99. The standard InChI is InChI=1S/C14H16N2O/c1-10-5-12(8-16-7-10)9-17-14-6-13(15)4-3-11(14)2/h3-8H,9,15H2,1-2H3. The summed E-state index contributed by atoms with van der Waals surface area (Å²) in [5, 5.41) is 0. The Kier molecular flexibility index (Phi) is 3.28. The number of hydrogen-bond donors (Lipinski definition) is 1. The highest BCUT2D eigenvalue weighted by Gasteiger charge is 2.01. The van der Waals surface area contributed by atoms with E-state index >= 15 is 0 Å². The van der Waals surface area contributed by atoms with Gasteiger partial charge in [-0.05, 0) is 37.1 Å². The Balaban J connectivity index is 2.09. The first-order chi connectivity index (χ1) is 8.15. The van der Waals surface area contributed by atoms with Crippen LogP contribution in [0.2, 0.25) is 0 Å². The van der Waals surface area contributed by atoms with Crippen LogP contribution in [0.3, 0.4) is 0 Å². The van der Waals surface area contributed by atoms with Crippen molar-refractivity contribution < 1.29 is 4.74 Å². The van der Waals surface area contributed by atoms with Crippen molar-refractivity contribution in [1.29, 1.82) is 0 Å². The quantitative estimate of drug-likeness (QED) is 0.822. The van der Waals surface area contributed by atoms with Gasteiger partial charge in [-0.2, -0.15) is 0 Å². The predicted octanol–water partition coefficient (Wildman–Crippen LogP) is 2.86. The van der Waals surface area contributed by atoms with Crippen molar-refractivity contribution in [2.75, 3.05) is 5.73 Å². The number of aromatic nitrogens is 1. The minimum Gasteiger partial charge on any atom is -0.488 e. The van der Waals surface area contributed by atoms with Crippen LogP contribution in [-0.2, 0) is 6.61 Å². The molecule has 0 amide bonds. The number of nitrogens with two attached hydrogens (primary N) is 1. The molecule has 2 N–H and O–H groups in total. The first kappa shape index (κ1) is 11.5. The van der Waals surface area contributed by atoms with Crippen LogP contribution in [0.15, 0.2) is 36.7 Å². The number of ether oxygens (including phenoxy) is 1. The Bertz CT molecular complexity index is 523. The molecule has 3 nitrogen and oxygen atoms in total. The molecule has 0 aliphatic heterocycles. The second-order valence-electron chi connectivity index (χ2n) is 4.18. The van der Waals surface area contributed by atoms with Crippen LogP contribution >= 0.6 is 0 Å². The first-order valence-corrected chi connectivity index (χ1v) is 5.54. The van der Waals surface area contributed by atoms with Gasteiger partial charge in [0.25, 0.3) is 0 Å². The molecule has 0 fully saturated rings. The van der Waals surface area contributed by atoms with E-state index in [-0.39, 0.29) is 0 Å². The third kappa shape index (κ3) is 2.97. The summed E-state index contributed by atoms with van der Waals surface area (Å²) in [7, 11) is 0. The Morgan fingerprint density at radius 3 is 2.76 bits per heavy atom. The van der Waals surface area contributed by atoms with Crippen LogP contribution < -0.4 is 10.5 Å². The average Bonchev–Trinajstić information content (AvgIpc) is 2.30. The summed E-state index contributed by atoms with van der Waals surface area (Å²) in [6, 6.07) is 7.74. The largest absolute Gasteiger partial charge is 0.488 e. The molecule has 0 aliphatic rings. The van der Waals surface area contributed by atoms with E-state index in [2.05, 4.69) is 11.1 Å². The van der Waals surface area contributed by atoms with Crippen molar-refractivity contribution in [2.45, 2.75) is 20.5 Å². The molecule has 0 saturated heterocycles.